The van der Waals surface area contributed by atoms with Gasteiger partial charge in [-0.15, -0.1) is 0 Å². The summed E-state index contributed by atoms with van der Waals surface area (Å²) in [6.45, 7) is 5.16. The number of aryl methyl sites for hydroxylation is 1. The Morgan fingerprint density at radius 3 is 2.47 bits per heavy atom. The normalized spacial score (nSPS) is 12.0. The number of benzene rings is 1. The molecule has 2 N–H and O–H groups in total. The highest BCUT2D eigenvalue weighted by atomic mass is 16.5. The Labute approximate surface area is 112 Å². The lowest BCUT2D eigenvalue weighted by Crippen LogP contribution is -2.46. The average Bonchev–Trinajstić information content (AvgIpc) is 2.34. The summed E-state index contributed by atoms with van der Waals surface area (Å²) in [5.41, 5.74) is 0.925. The fourth-order valence-electron chi connectivity index (χ4n) is 1.59. The van der Waals surface area contributed by atoms with Crippen LogP contribution in [0.1, 0.15) is 19.4 Å². The van der Waals surface area contributed by atoms with E-state index < -0.39 is 17.9 Å². The second kappa shape index (κ2) is 6.78. The van der Waals surface area contributed by atoms with Crippen molar-refractivity contribution >= 4 is 11.9 Å². The van der Waals surface area contributed by atoms with Crippen molar-refractivity contribution in [1.29, 1.82) is 0 Å². The molecule has 1 amide bonds. The number of hydrogen-bond donors (Lipinski definition) is 2. The van der Waals surface area contributed by atoms with Gasteiger partial charge < -0.3 is 15.2 Å². The lowest BCUT2D eigenvalue weighted by atomic mass is 10.1. The van der Waals surface area contributed by atoms with Crippen molar-refractivity contribution in [3.8, 4) is 5.75 Å². The number of nitrogens with one attached hydrogen (secondary N) is 1. The number of rotatable bonds is 6. The van der Waals surface area contributed by atoms with Crippen LogP contribution >= 0.6 is 0 Å². The molecule has 5 nitrogen and oxygen atoms in total. The van der Waals surface area contributed by atoms with Gasteiger partial charge in [-0.1, -0.05) is 32.0 Å². The zero-order chi connectivity index (χ0) is 14.4. The second-order valence-electron chi connectivity index (χ2n) is 4.68. The first-order valence-electron chi connectivity index (χ1n) is 6.12. The minimum absolute atomic E-state index is 0.181. The average molecular weight is 265 g/mol. The molecule has 0 aliphatic carbocycles. The van der Waals surface area contributed by atoms with Crippen LogP contribution < -0.4 is 10.1 Å². The number of carbonyl (C=O) groups excluding carboxylic acids is 1. The maximum atomic E-state index is 11.6. The lowest BCUT2D eigenvalue weighted by molar-refractivity contribution is -0.143. The molecule has 1 aromatic rings. The van der Waals surface area contributed by atoms with E-state index in [4.69, 9.17) is 9.84 Å². The van der Waals surface area contributed by atoms with Crippen LogP contribution in [0.3, 0.4) is 0 Å². The van der Waals surface area contributed by atoms with Crippen LogP contribution in [-0.2, 0) is 9.59 Å². The van der Waals surface area contributed by atoms with E-state index in [0.717, 1.165) is 5.56 Å². The maximum Gasteiger partial charge on any atom is 0.326 e. The van der Waals surface area contributed by atoms with Crippen molar-refractivity contribution in [2.24, 2.45) is 5.92 Å². The standard InChI is InChI=1S/C14H19NO4/c1-9(2)13(14(17)18)15-12(16)8-19-11-7-5-4-6-10(11)3/h4-7,9,13H,8H2,1-3H3,(H,15,16)(H,17,18)/t13-/m0/s1. The third kappa shape index (κ3) is 4.62. The Hall–Kier alpha value is -2.04. The molecule has 1 aromatic carbocycles. The molecule has 0 unspecified atom stereocenters. The van der Waals surface area contributed by atoms with E-state index in [2.05, 4.69) is 5.32 Å². The smallest absolute Gasteiger partial charge is 0.326 e. The predicted molar refractivity (Wildman–Crippen MR) is 71.1 cm³/mol. The lowest BCUT2D eigenvalue weighted by Gasteiger charge is -2.18. The highest BCUT2D eigenvalue weighted by Crippen LogP contribution is 2.15. The highest BCUT2D eigenvalue weighted by Gasteiger charge is 2.23. The van der Waals surface area contributed by atoms with E-state index in [-0.39, 0.29) is 12.5 Å². The number of carboxylic acid groups (broad SMARTS) is 1. The number of hydrogen-bond acceptors (Lipinski definition) is 3. The largest absolute Gasteiger partial charge is 0.484 e. The summed E-state index contributed by atoms with van der Waals surface area (Å²) in [4.78, 5) is 22.6. The van der Waals surface area contributed by atoms with Crippen LogP contribution in [0.2, 0.25) is 0 Å². The molecule has 0 saturated carbocycles. The molecule has 19 heavy (non-hydrogen) atoms. The zero-order valence-electron chi connectivity index (χ0n) is 11.3. The summed E-state index contributed by atoms with van der Waals surface area (Å²) < 4.78 is 5.35. The molecule has 1 atom stereocenters. The molecule has 5 heteroatoms. The number of amides is 1. The first kappa shape index (κ1) is 15.0. The summed E-state index contributed by atoms with van der Waals surface area (Å²) in [6, 6.07) is 6.43. The van der Waals surface area contributed by atoms with Gasteiger partial charge >= 0.3 is 5.97 Å². The summed E-state index contributed by atoms with van der Waals surface area (Å²) in [5.74, 6) is -1.04. The molecule has 0 aromatic heterocycles. The highest BCUT2D eigenvalue weighted by molar-refractivity contribution is 5.84. The molecule has 0 aliphatic rings. The van der Waals surface area contributed by atoms with Gasteiger partial charge in [-0.3, -0.25) is 4.79 Å². The quantitative estimate of drug-likeness (QED) is 0.819. The molecule has 0 bridgehead atoms. The Morgan fingerprint density at radius 2 is 1.95 bits per heavy atom. The van der Waals surface area contributed by atoms with E-state index >= 15 is 0 Å². The van der Waals surface area contributed by atoms with Gasteiger partial charge in [0.25, 0.3) is 5.91 Å². The second-order valence-corrected chi connectivity index (χ2v) is 4.68. The molecular weight excluding hydrogens is 246 g/mol. The number of ether oxygens (including phenoxy) is 1. The number of carbonyl (C=O) groups is 2. The van der Waals surface area contributed by atoms with Crippen LogP contribution in [0.5, 0.6) is 5.75 Å². The van der Waals surface area contributed by atoms with Crippen LogP contribution in [0.15, 0.2) is 24.3 Å². The molecule has 0 saturated heterocycles. The molecular formula is C14H19NO4. The summed E-state index contributed by atoms with van der Waals surface area (Å²) in [5, 5.41) is 11.4. The third-order valence-electron chi connectivity index (χ3n) is 2.70. The van der Waals surface area contributed by atoms with Gasteiger partial charge in [0.2, 0.25) is 0 Å². The van der Waals surface area contributed by atoms with Crippen LogP contribution in [0, 0.1) is 12.8 Å². The fraction of sp³-hybridized carbons (Fsp3) is 0.429. The predicted octanol–water partition coefficient (Wildman–Crippen LogP) is 1.60. The van der Waals surface area contributed by atoms with Crippen molar-refractivity contribution in [2.75, 3.05) is 6.61 Å². The van der Waals surface area contributed by atoms with Gasteiger partial charge in [-0.25, -0.2) is 4.79 Å². The van der Waals surface area contributed by atoms with Crippen LogP contribution in [-0.4, -0.2) is 29.6 Å². The van der Waals surface area contributed by atoms with Gasteiger partial charge in [0, 0.05) is 0 Å². The van der Waals surface area contributed by atoms with E-state index in [9.17, 15) is 9.59 Å². The first-order chi connectivity index (χ1) is 8.91. The Balaban J connectivity index is 2.52. The molecule has 0 fully saturated rings. The van der Waals surface area contributed by atoms with E-state index in [0.29, 0.717) is 5.75 Å². The molecule has 1 rings (SSSR count). The summed E-state index contributed by atoms with van der Waals surface area (Å²) in [7, 11) is 0. The molecule has 104 valence electrons. The fourth-order valence-corrected chi connectivity index (χ4v) is 1.59. The number of para-hydroxylation sites is 1. The van der Waals surface area contributed by atoms with Crippen LogP contribution in [0.25, 0.3) is 0 Å². The van der Waals surface area contributed by atoms with Gasteiger partial charge in [0.15, 0.2) is 6.61 Å². The Bertz CT molecular complexity index is 457. The monoisotopic (exact) mass is 265 g/mol. The molecule has 0 radical (unpaired) electrons. The van der Waals surface area contributed by atoms with Crippen molar-refractivity contribution in [1.82, 2.24) is 5.32 Å². The number of carboxylic acids is 1. The van der Waals surface area contributed by atoms with E-state index in [1.807, 2.05) is 25.1 Å². The van der Waals surface area contributed by atoms with Gasteiger partial charge in [-0.05, 0) is 24.5 Å². The van der Waals surface area contributed by atoms with E-state index in [1.165, 1.54) is 0 Å². The van der Waals surface area contributed by atoms with Crippen molar-refractivity contribution in [3.05, 3.63) is 29.8 Å². The Kier molecular flexibility index (Phi) is 5.36. The van der Waals surface area contributed by atoms with Gasteiger partial charge in [-0.2, -0.15) is 0 Å². The van der Waals surface area contributed by atoms with E-state index in [1.54, 1.807) is 19.9 Å². The Morgan fingerprint density at radius 1 is 1.32 bits per heavy atom. The topological polar surface area (TPSA) is 75.6 Å². The molecule has 0 aliphatic heterocycles. The van der Waals surface area contributed by atoms with Crippen molar-refractivity contribution < 1.29 is 19.4 Å². The zero-order valence-corrected chi connectivity index (χ0v) is 11.3. The van der Waals surface area contributed by atoms with Crippen molar-refractivity contribution in [2.45, 2.75) is 26.8 Å². The third-order valence-corrected chi connectivity index (χ3v) is 2.70. The molecule has 0 spiro atoms. The maximum absolute atomic E-state index is 11.6. The minimum atomic E-state index is -1.04. The van der Waals surface area contributed by atoms with Crippen molar-refractivity contribution in [3.63, 3.8) is 0 Å². The SMILES string of the molecule is Cc1ccccc1OCC(=O)N[C@H](C(=O)O)C(C)C. The summed E-state index contributed by atoms with van der Waals surface area (Å²) >= 11 is 0. The van der Waals surface area contributed by atoms with Gasteiger partial charge in [0.1, 0.15) is 11.8 Å². The van der Waals surface area contributed by atoms with Gasteiger partial charge in [0.05, 0.1) is 0 Å². The first-order valence-corrected chi connectivity index (χ1v) is 6.12. The van der Waals surface area contributed by atoms with Crippen LogP contribution in [0.4, 0.5) is 0 Å². The summed E-state index contributed by atoms with van der Waals surface area (Å²) in [6.07, 6.45) is 0. The minimum Gasteiger partial charge on any atom is -0.484 e. The number of aliphatic carboxylic acids is 1. The molecule has 0 heterocycles.